The van der Waals surface area contributed by atoms with Gasteiger partial charge in [-0.1, -0.05) is 6.07 Å². The number of benzene rings is 1. The quantitative estimate of drug-likeness (QED) is 0.439. The van der Waals surface area contributed by atoms with E-state index in [2.05, 4.69) is 19.8 Å². The number of nitrogens with zero attached hydrogens (tertiary/aromatic N) is 5. The molecule has 0 aliphatic heterocycles. The van der Waals surface area contributed by atoms with E-state index in [9.17, 15) is 31.6 Å². The second kappa shape index (κ2) is 8.45. The van der Waals surface area contributed by atoms with Crippen LogP contribution in [0.15, 0.2) is 35.5 Å². The normalized spacial score (nSPS) is 22.3. The monoisotopic (exact) mass is 564 g/mol. The van der Waals surface area contributed by atoms with Crippen molar-refractivity contribution in [2.45, 2.75) is 49.7 Å². The summed E-state index contributed by atoms with van der Waals surface area (Å²) in [6.07, 6.45) is -2.61. The van der Waals surface area contributed by atoms with Gasteiger partial charge in [0, 0.05) is 11.8 Å². The molecule has 0 atom stereocenters. The number of nitrogens with two attached hydrogens (primary N) is 1. The number of alkyl halides is 3. The number of nitrogen functional groups attached to an aromatic ring is 1. The van der Waals surface area contributed by atoms with E-state index >= 15 is 0 Å². The average molecular weight is 565 g/mol. The van der Waals surface area contributed by atoms with E-state index in [1.807, 2.05) is 13.0 Å². The highest BCUT2D eigenvalue weighted by atomic mass is 32.2. The van der Waals surface area contributed by atoms with E-state index in [1.165, 1.54) is 35.7 Å². The summed E-state index contributed by atoms with van der Waals surface area (Å²) in [5.74, 6) is -2.53. The highest BCUT2D eigenvalue weighted by molar-refractivity contribution is 7.89. The van der Waals surface area contributed by atoms with E-state index in [-0.39, 0.29) is 35.2 Å². The van der Waals surface area contributed by atoms with Gasteiger partial charge >= 0.3 is 12.1 Å². The van der Waals surface area contributed by atoms with Gasteiger partial charge < -0.3 is 10.6 Å². The standard InChI is InChI=1S/C23H19F3N6O4S2/c1-12-3-4-14(5-15(12)16-6-30-19(28)18(31-16)17-7-29-13(2)37-17)38(34,35)32(36-20(33)23(24,25)26)22-8-21(9-22,10-22)11-27/h3-7H,8-10H2,1-2H3,(H2,28,30). The zero-order chi connectivity index (χ0) is 27.7. The fourth-order valence-corrected chi connectivity index (χ4v) is 7.23. The van der Waals surface area contributed by atoms with E-state index in [1.54, 1.807) is 13.1 Å². The zero-order valence-corrected chi connectivity index (χ0v) is 21.5. The van der Waals surface area contributed by atoms with Crippen molar-refractivity contribution in [3.63, 3.8) is 0 Å². The minimum absolute atomic E-state index is 0.0410. The molecule has 6 rings (SSSR count). The van der Waals surface area contributed by atoms with Gasteiger partial charge in [0.15, 0.2) is 5.82 Å². The second-order valence-corrected chi connectivity index (χ2v) is 12.5. The number of aryl methyl sites for hydroxylation is 2. The van der Waals surface area contributed by atoms with Crippen molar-refractivity contribution in [2.75, 3.05) is 5.73 Å². The largest absolute Gasteiger partial charge is 0.492 e. The zero-order valence-electron chi connectivity index (χ0n) is 19.9. The molecule has 2 heterocycles. The van der Waals surface area contributed by atoms with E-state index in [0.29, 0.717) is 21.7 Å². The molecule has 2 bridgehead atoms. The molecule has 10 nitrogen and oxygen atoms in total. The van der Waals surface area contributed by atoms with Crippen LogP contribution in [-0.2, 0) is 19.7 Å². The number of rotatable bonds is 6. The maximum Gasteiger partial charge on any atom is 0.492 e. The van der Waals surface area contributed by atoms with Crippen LogP contribution < -0.4 is 5.73 Å². The Morgan fingerprint density at radius 2 is 1.89 bits per heavy atom. The SMILES string of the molecule is Cc1ncc(-c2nc(-c3cc(S(=O)(=O)N(OC(=O)C(F)(F)F)C45CC(C#N)(C4)C5)ccc3C)cnc2N)s1. The van der Waals surface area contributed by atoms with Gasteiger partial charge in [0.1, 0.15) is 5.69 Å². The van der Waals surface area contributed by atoms with Crippen molar-refractivity contribution >= 4 is 33.1 Å². The van der Waals surface area contributed by atoms with Gasteiger partial charge in [0.05, 0.1) is 43.7 Å². The molecule has 0 unspecified atom stereocenters. The van der Waals surface area contributed by atoms with Crippen LogP contribution in [0.3, 0.4) is 0 Å². The van der Waals surface area contributed by atoms with Gasteiger partial charge in [-0.05, 0) is 55.3 Å². The van der Waals surface area contributed by atoms with Crippen LogP contribution in [-0.4, -0.2) is 45.5 Å². The number of halogens is 3. The van der Waals surface area contributed by atoms with Crippen molar-refractivity contribution in [2.24, 2.45) is 5.41 Å². The highest BCUT2D eigenvalue weighted by Gasteiger charge is 2.75. The molecular weight excluding hydrogens is 545 g/mol. The Bertz CT molecular complexity index is 1610. The molecule has 3 fully saturated rings. The Morgan fingerprint density at radius 3 is 2.47 bits per heavy atom. The molecule has 38 heavy (non-hydrogen) atoms. The summed E-state index contributed by atoms with van der Waals surface area (Å²) >= 11 is 1.34. The van der Waals surface area contributed by atoms with Crippen molar-refractivity contribution in [3.05, 3.63) is 41.2 Å². The number of hydrogen-bond donors (Lipinski definition) is 1. The summed E-state index contributed by atoms with van der Waals surface area (Å²) in [5.41, 5.74) is 5.29. The van der Waals surface area contributed by atoms with Gasteiger partial charge in [-0.3, -0.25) is 0 Å². The summed E-state index contributed by atoms with van der Waals surface area (Å²) in [6.45, 7) is 3.50. The molecule has 1 aromatic carbocycles. The summed E-state index contributed by atoms with van der Waals surface area (Å²) in [7, 11) is -4.79. The number of carbonyl (C=O) groups is 1. The van der Waals surface area contributed by atoms with Crippen LogP contribution in [0.2, 0.25) is 0 Å². The molecule has 0 spiro atoms. The number of carbonyl (C=O) groups excluding carboxylic acids is 1. The van der Waals surface area contributed by atoms with Crippen molar-refractivity contribution in [3.8, 4) is 27.9 Å². The predicted molar refractivity (Wildman–Crippen MR) is 128 cm³/mol. The summed E-state index contributed by atoms with van der Waals surface area (Å²) in [6, 6.07) is 5.93. The fraction of sp³-hybridized carbons (Fsp3) is 0.348. The van der Waals surface area contributed by atoms with Crippen LogP contribution >= 0.6 is 11.3 Å². The summed E-state index contributed by atoms with van der Waals surface area (Å²) < 4.78 is 66.5. The van der Waals surface area contributed by atoms with E-state index in [4.69, 9.17) is 5.73 Å². The lowest BCUT2D eigenvalue weighted by Gasteiger charge is -2.68. The van der Waals surface area contributed by atoms with Crippen LogP contribution in [0.5, 0.6) is 0 Å². The maximum atomic E-state index is 13.6. The Kier molecular flexibility index (Phi) is 5.78. The number of aromatic nitrogens is 3. The van der Waals surface area contributed by atoms with E-state index in [0.717, 1.165) is 5.01 Å². The van der Waals surface area contributed by atoms with Crippen molar-refractivity contribution in [1.82, 2.24) is 19.4 Å². The Hall–Kier alpha value is -3.61. The van der Waals surface area contributed by atoms with Crippen molar-refractivity contribution in [1.29, 1.82) is 5.26 Å². The number of hydroxylamine groups is 1. The Morgan fingerprint density at radius 1 is 1.21 bits per heavy atom. The number of hydrogen-bond acceptors (Lipinski definition) is 10. The lowest BCUT2D eigenvalue weighted by atomic mass is 9.40. The molecule has 0 radical (unpaired) electrons. The molecule has 2 aromatic heterocycles. The van der Waals surface area contributed by atoms with Crippen LogP contribution in [0.4, 0.5) is 19.0 Å². The third-order valence-corrected chi connectivity index (χ3v) is 9.35. The smallest absolute Gasteiger partial charge is 0.382 e. The molecule has 2 N–H and O–H groups in total. The molecule has 3 aliphatic carbocycles. The topological polar surface area (TPSA) is 152 Å². The van der Waals surface area contributed by atoms with Gasteiger partial charge in [0.25, 0.3) is 10.0 Å². The van der Waals surface area contributed by atoms with Crippen LogP contribution in [0.1, 0.15) is 29.8 Å². The lowest BCUT2D eigenvalue weighted by molar-refractivity contribution is -0.282. The second-order valence-electron chi connectivity index (χ2n) is 9.46. The van der Waals surface area contributed by atoms with Crippen LogP contribution in [0, 0.1) is 30.6 Å². The molecule has 0 saturated heterocycles. The third kappa shape index (κ3) is 4.08. The van der Waals surface area contributed by atoms with Gasteiger partial charge in [-0.2, -0.15) is 18.4 Å². The summed E-state index contributed by atoms with van der Waals surface area (Å²) in [5, 5.41) is 10.1. The molecular formula is C23H19F3N6O4S2. The third-order valence-electron chi connectivity index (χ3n) is 6.68. The maximum absolute atomic E-state index is 13.6. The predicted octanol–water partition coefficient (Wildman–Crippen LogP) is 3.92. The average Bonchev–Trinajstić information content (AvgIpc) is 3.22. The van der Waals surface area contributed by atoms with E-state index < -0.39 is 38.0 Å². The molecule has 15 heteroatoms. The molecule has 0 amide bonds. The first-order valence-electron chi connectivity index (χ1n) is 11.1. The van der Waals surface area contributed by atoms with Gasteiger partial charge in [-0.25, -0.2) is 28.2 Å². The summed E-state index contributed by atoms with van der Waals surface area (Å²) in [4.78, 5) is 29.3. The Balaban J connectivity index is 1.56. The first kappa shape index (κ1) is 26.0. The van der Waals surface area contributed by atoms with Crippen LogP contribution in [0.25, 0.3) is 21.8 Å². The fourth-order valence-electron chi connectivity index (χ4n) is 4.89. The Labute approximate surface area is 218 Å². The molecule has 198 valence electrons. The van der Waals surface area contributed by atoms with Crippen molar-refractivity contribution < 1.29 is 31.2 Å². The number of sulfonamides is 1. The minimum Gasteiger partial charge on any atom is -0.382 e. The lowest BCUT2D eigenvalue weighted by Crippen LogP contribution is -2.75. The number of anilines is 1. The number of thiazole rings is 1. The van der Waals surface area contributed by atoms with Gasteiger partial charge in [-0.15, -0.1) is 11.3 Å². The highest BCUT2D eigenvalue weighted by Crippen LogP contribution is 2.70. The molecule has 3 aliphatic rings. The molecule has 3 aromatic rings. The first-order valence-corrected chi connectivity index (χ1v) is 13.4. The number of nitriles is 1. The van der Waals surface area contributed by atoms with Gasteiger partial charge in [0.2, 0.25) is 0 Å². The molecule has 3 saturated carbocycles. The minimum atomic E-state index is -5.42. The first-order chi connectivity index (χ1) is 17.7.